The Morgan fingerprint density at radius 3 is 2.84 bits per heavy atom. The minimum Gasteiger partial charge on any atom is -0.348 e. The van der Waals surface area contributed by atoms with Crippen LogP contribution in [0, 0.1) is 12.7 Å². The molecular weight excluding hydrogens is 267 g/mol. The Labute approximate surface area is 115 Å². The highest BCUT2D eigenvalue weighted by Gasteiger charge is 2.07. The van der Waals surface area contributed by atoms with E-state index in [4.69, 9.17) is 11.6 Å². The molecule has 0 unspecified atom stereocenters. The normalized spacial score (nSPS) is 10.3. The van der Waals surface area contributed by atoms with Crippen molar-refractivity contribution in [3.63, 3.8) is 0 Å². The van der Waals surface area contributed by atoms with Gasteiger partial charge in [-0.3, -0.25) is 4.79 Å². The average Bonchev–Trinajstić information content (AvgIpc) is 2.35. The SMILES string of the molecule is Cc1cc(C(=O)NCc2cccc(F)c2)cc(Cl)n1. The molecule has 98 valence electrons. The third-order valence-corrected chi connectivity index (χ3v) is 2.72. The highest BCUT2D eigenvalue weighted by molar-refractivity contribution is 6.29. The zero-order valence-electron chi connectivity index (χ0n) is 10.3. The molecule has 0 fully saturated rings. The molecule has 2 aromatic rings. The van der Waals surface area contributed by atoms with Gasteiger partial charge in [-0.2, -0.15) is 0 Å². The Kier molecular flexibility index (Phi) is 4.12. The van der Waals surface area contributed by atoms with Gasteiger partial charge in [0.15, 0.2) is 0 Å². The van der Waals surface area contributed by atoms with Gasteiger partial charge in [0, 0.05) is 17.8 Å². The number of pyridine rings is 1. The van der Waals surface area contributed by atoms with E-state index in [1.807, 2.05) is 0 Å². The summed E-state index contributed by atoms with van der Waals surface area (Å²) in [4.78, 5) is 15.9. The van der Waals surface area contributed by atoms with E-state index in [0.717, 1.165) is 0 Å². The average molecular weight is 279 g/mol. The molecule has 1 amide bonds. The van der Waals surface area contributed by atoms with E-state index in [-0.39, 0.29) is 23.4 Å². The summed E-state index contributed by atoms with van der Waals surface area (Å²) in [5.41, 5.74) is 1.81. The number of nitrogens with one attached hydrogen (secondary N) is 1. The molecule has 0 aliphatic rings. The van der Waals surface area contributed by atoms with E-state index in [1.54, 1.807) is 25.1 Å². The maximum absolute atomic E-state index is 13.0. The first kappa shape index (κ1) is 13.5. The second-order valence-electron chi connectivity index (χ2n) is 4.13. The van der Waals surface area contributed by atoms with Crippen molar-refractivity contribution in [2.45, 2.75) is 13.5 Å². The number of nitrogens with zero attached hydrogens (tertiary/aromatic N) is 1. The first-order valence-corrected chi connectivity index (χ1v) is 6.09. The molecule has 0 atom stereocenters. The van der Waals surface area contributed by atoms with Crippen molar-refractivity contribution in [1.29, 1.82) is 0 Å². The van der Waals surface area contributed by atoms with Crippen LogP contribution in [0.1, 0.15) is 21.6 Å². The van der Waals surface area contributed by atoms with Crippen molar-refractivity contribution in [3.05, 3.63) is 64.2 Å². The van der Waals surface area contributed by atoms with Gasteiger partial charge in [0.1, 0.15) is 11.0 Å². The second kappa shape index (κ2) is 5.80. The van der Waals surface area contributed by atoms with Gasteiger partial charge in [-0.1, -0.05) is 23.7 Å². The molecule has 1 heterocycles. The van der Waals surface area contributed by atoms with Crippen molar-refractivity contribution in [2.75, 3.05) is 0 Å². The van der Waals surface area contributed by atoms with Crippen LogP contribution in [0.5, 0.6) is 0 Å². The molecule has 1 N–H and O–H groups in total. The lowest BCUT2D eigenvalue weighted by Gasteiger charge is -2.06. The molecule has 1 aromatic carbocycles. The Morgan fingerprint density at radius 1 is 1.37 bits per heavy atom. The van der Waals surface area contributed by atoms with Gasteiger partial charge in [0.05, 0.1) is 0 Å². The van der Waals surface area contributed by atoms with E-state index in [2.05, 4.69) is 10.3 Å². The molecular formula is C14H12ClFN2O. The number of amides is 1. The lowest BCUT2D eigenvalue weighted by Crippen LogP contribution is -2.23. The van der Waals surface area contributed by atoms with E-state index >= 15 is 0 Å². The first-order chi connectivity index (χ1) is 9.04. The number of aryl methyl sites for hydroxylation is 1. The maximum atomic E-state index is 13.0. The van der Waals surface area contributed by atoms with E-state index in [1.165, 1.54) is 18.2 Å². The summed E-state index contributed by atoms with van der Waals surface area (Å²) < 4.78 is 13.0. The Balaban J connectivity index is 2.05. The highest BCUT2D eigenvalue weighted by Crippen LogP contribution is 2.10. The van der Waals surface area contributed by atoms with E-state index in [9.17, 15) is 9.18 Å². The number of aromatic nitrogens is 1. The molecule has 0 spiro atoms. The van der Waals surface area contributed by atoms with E-state index in [0.29, 0.717) is 16.8 Å². The molecule has 0 aliphatic carbocycles. The van der Waals surface area contributed by atoms with Crippen molar-refractivity contribution in [3.8, 4) is 0 Å². The largest absolute Gasteiger partial charge is 0.348 e. The van der Waals surface area contributed by atoms with Crippen LogP contribution in [-0.2, 0) is 6.54 Å². The van der Waals surface area contributed by atoms with Crippen LogP contribution >= 0.6 is 11.6 Å². The monoisotopic (exact) mass is 278 g/mol. The molecule has 5 heteroatoms. The molecule has 0 saturated carbocycles. The van der Waals surface area contributed by atoms with Gasteiger partial charge in [-0.15, -0.1) is 0 Å². The highest BCUT2D eigenvalue weighted by atomic mass is 35.5. The Morgan fingerprint density at radius 2 is 2.16 bits per heavy atom. The van der Waals surface area contributed by atoms with Gasteiger partial charge < -0.3 is 5.32 Å². The van der Waals surface area contributed by atoms with Crippen molar-refractivity contribution < 1.29 is 9.18 Å². The maximum Gasteiger partial charge on any atom is 0.251 e. The van der Waals surface area contributed by atoms with Crippen LogP contribution in [0.15, 0.2) is 36.4 Å². The van der Waals surface area contributed by atoms with Crippen LogP contribution < -0.4 is 5.32 Å². The Hall–Kier alpha value is -1.94. The summed E-state index contributed by atoms with van der Waals surface area (Å²) >= 11 is 5.79. The number of benzene rings is 1. The number of hydrogen-bond acceptors (Lipinski definition) is 2. The molecule has 0 aliphatic heterocycles. The summed E-state index contributed by atoms with van der Waals surface area (Å²) in [6.07, 6.45) is 0. The van der Waals surface area contributed by atoms with Gasteiger partial charge in [-0.05, 0) is 36.8 Å². The summed E-state index contributed by atoms with van der Waals surface area (Å²) in [6.45, 7) is 2.02. The second-order valence-corrected chi connectivity index (χ2v) is 4.52. The van der Waals surface area contributed by atoms with Gasteiger partial charge in [-0.25, -0.2) is 9.37 Å². The first-order valence-electron chi connectivity index (χ1n) is 5.71. The van der Waals surface area contributed by atoms with Crippen LogP contribution in [-0.4, -0.2) is 10.9 Å². The van der Waals surface area contributed by atoms with Crippen LogP contribution in [0.2, 0.25) is 5.15 Å². The summed E-state index contributed by atoms with van der Waals surface area (Å²) in [7, 11) is 0. The topological polar surface area (TPSA) is 42.0 Å². The van der Waals surface area contributed by atoms with Gasteiger partial charge >= 0.3 is 0 Å². The van der Waals surface area contributed by atoms with Crippen molar-refractivity contribution in [2.24, 2.45) is 0 Å². The molecule has 0 bridgehead atoms. The van der Waals surface area contributed by atoms with Crippen LogP contribution in [0.25, 0.3) is 0 Å². The fraction of sp³-hybridized carbons (Fsp3) is 0.143. The minimum absolute atomic E-state index is 0.260. The molecule has 0 saturated heterocycles. The number of hydrogen-bond donors (Lipinski definition) is 1. The lowest BCUT2D eigenvalue weighted by atomic mass is 10.2. The Bertz CT molecular complexity index is 596. The summed E-state index contributed by atoms with van der Waals surface area (Å²) in [5.74, 6) is -0.591. The van der Waals surface area contributed by atoms with Gasteiger partial charge in [0.25, 0.3) is 5.91 Å². The van der Waals surface area contributed by atoms with Crippen molar-refractivity contribution >= 4 is 17.5 Å². The molecule has 0 radical (unpaired) electrons. The lowest BCUT2D eigenvalue weighted by molar-refractivity contribution is 0.0950. The summed E-state index contributed by atoms with van der Waals surface area (Å²) in [5, 5.41) is 2.98. The molecule has 1 aromatic heterocycles. The van der Waals surface area contributed by atoms with E-state index < -0.39 is 0 Å². The van der Waals surface area contributed by atoms with Crippen LogP contribution in [0.3, 0.4) is 0 Å². The standard InChI is InChI=1S/C14H12ClFN2O/c1-9-5-11(7-13(15)18-9)14(19)17-8-10-3-2-4-12(16)6-10/h2-7H,8H2,1H3,(H,17,19). The predicted molar refractivity (Wildman–Crippen MR) is 71.6 cm³/mol. The quantitative estimate of drug-likeness (QED) is 0.877. The van der Waals surface area contributed by atoms with Crippen LogP contribution in [0.4, 0.5) is 4.39 Å². The fourth-order valence-corrected chi connectivity index (χ4v) is 1.94. The number of carbonyl (C=O) groups excluding carboxylic acids is 1. The molecule has 19 heavy (non-hydrogen) atoms. The van der Waals surface area contributed by atoms with Crippen molar-refractivity contribution in [1.82, 2.24) is 10.3 Å². The number of carbonyl (C=O) groups is 1. The number of rotatable bonds is 3. The minimum atomic E-state index is -0.324. The third kappa shape index (κ3) is 3.76. The van der Waals surface area contributed by atoms with Gasteiger partial charge in [0.2, 0.25) is 0 Å². The fourth-order valence-electron chi connectivity index (χ4n) is 1.69. The zero-order chi connectivity index (χ0) is 13.8. The number of halogens is 2. The smallest absolute Gasteiger partial charge is 0.251 e. The predicted octanol–water partition coefficient (Wildman–Crippen LogP) is 3.11. The molecule has 3 nitrogen and oxygen atoms in total. The zero-order valence-corrected chi connectivity index (χ0v) is 11.0. The third-order valence-electron chi connectivity index (χ3n) is 2.53. The molecule has 2 rings (SSSR count). The summed E-state index contributed by atoms with van der Waals surface area (Å²) in [6, 6.07) is 9.23.